The number of para-hydroxylation sites is 1. The predicted octanol–water partition coefficient (Wildman–Crippen LogP) is 5.67. The topological polar surface area (TPSA) is 86.7 Å². The molecule has 1 aliphatic heterocycles. The van der Waals surface area contributed by atoms with Gasteiger partial charge >= 0.3 is 0 Å². The zero-order valence-corrected chi connectivity index (χ0v) is 21.3. The average molecular weight is 495 g/mol. The Morgan fingerprint density at radius 2 is 1.83 bits per heavy atom. The molecule has 0 bridgehead atoms. The SMILES string of the molecule is CCCCSc1nnc2c(n1)OC(c1ccc(OCC)c(OCC)c1)N(C(C)=O)c1ccccc1-2. The van der Waals surface area contributed by atoms with Crippen LogP contribution in [0.4, 0.5) is 5.69 Å². The third kappa shape index (κ3) is 5.35. The smallest absolute Gasteiger partial charge is 0.247 e. The van der Waals surface area contributed by atoms with Gasteiger partial charge in [0.2, 0.25) is 23.2 Å². The van der Waals surface area contributed by atoms with E-state index < -0.39 is 6.23 Å². The molecule has 2 heterocycles. The van der Waals surface area contributed by atoms with E-state index in [0.717, 1.165) is 29.7 Å². The highest BCUT2D eigenvalue weighted by Crippen LogP contribution is 2.44. The van der Waals surface area contributed by atoms with Crippen LogP contribution in [0.15, 0.2) is 47.6 Å². The molecule has 2 aromatic carbocycles. The third-order valence-electron chi connectivity index (χ3n) is 5.43. The van der Waals surface area contributed by atoms with Crippen LogP contribution < -0.4 is 19.1 Å². The maximum atomic E-state index is 13.0. The highest BCUT2D eigenvalue weighted by Gasteiger charge is 2.35. The zero-order valence-electron chi connectivity index (χ0n) is 20.5. The van der Waals surface area contributed by atoms with Crippen molar-refractivity contribution in [3.05, 3.63) is 48.0 Å². The fourth-order valence-electron chi connectivity index (χ4n) is 3.86. The Hall–Kier alpha value is -3.33. The summed E-state index contributed by atoms with van der Waals surface area (Å²) in [5, 5.41) is 9.34. The second-order valence-corrected chi connectivity index (χ2v) is 8.96. The molecule has 0 saturated carbocycles. The second-order valence-electron chi connectivity index (χ2n) is 7.90. The van der Waals surface area contributed by atoms with Crippen molar-refractivity contribution in [2.24, 2.45) is 0 Å². The summed E-state index contributed by atoms with van der Waals surface area (Å²) in [7, 11) is 0. The molecular weight excluding hydrogens is 464 g/mol. The summed E-state index contributed by atoms with van der Waals surface area (Å²) in [5.41, 5.74) is 2.65. The Labute approximate surface area is 210 Å². The molecule has 1 atom stereocenters. The van der Waals surface area contributed by atoms with Crippen LogP contribution in [0, 0.1) is 0 Å². The Morgan fingerprint density at radius 3 is 2.57 bits per heavy atom. The van der Waals surface area contributed by atoms with Crippen LogP contribution in [0.1, 0.15) is 52.3 Å². The number of carbonyl (C=O) groups excluding carboxylic acids is 1. The van der Waals surface area contributed by atoms with Crippen molar-refractivity contribution < 1.29 is 19.0 Å². The Bertz CT molecular complexity index is 1190. The van der Waals surface area contributed by atoms with Gasteiger partial charge in [-0.15, -0.1) is 10.2 Å². The number of amides is 1. The molecule has 1 aliphatic rings. The number of carbonyl (C=O) groups is 1. The van der Waals surface area contributed by atoms with E-state index in [-0.39, 0.29) is 5.91 Å². The molecule has 0 aliphatic carbocycles. The van der Waals surface area contributed by atoms with E-state index in [1.54, 1.807) is 16.7 Å². The van der Waals surface area contributed by atoms with E-state index in [0.29, 0.717) is 47.1 Å². The molecule has 1 aromatic heterocycles. The monoisotopic (exact) mass is 494 g/mol. The summed E-state index contributed by atoms with van der Waals surface area (Å²) < 4.78 is 18.0. The second kappa shape index (κ2) is 11.4. The number of unbranched alkanes of at least 4 members (excludes halogenated alkanes) is 1. The molecule has 1 unspecified atom stereocenters. The number of hydrogen-bond acceptors (Lipinski definition) is 8. The van der Waals surface area contributed by atoms with Crippen LogP contribution in [0.2, 0.25) is 0 Å². The minimum Gasteiger partial charge on any atom is -0.490 e. The molecular formula is C26H30N4O4S. The van der Waals surface area contributed by atoms with Gasteiger partial charge in [-0.2, -0.15) is 4.98 Å². The van der Waals surface area contributed by atoms with Crippen molar-refractivity contribution in [3.63, 3.8) is 0 Å². The number of hydrogen-bond donors (Lipinski definition) is 0. The Morgan fingerprint density at radius 1 is 1.06 bits per heavy atom. The van der Waals surface area contributed by atoms with Crippen molar-refractivity contribution in [1.29, 1.82) is 0 Å². The van der Waals surface area contributed by atoms with Crippen LogP contribution in [0.25, 0.3) is 11.3 Å². The van der Waals surface area contributed by atoms with Crippen molar-refractivity contribution in [3.8, 4) is 28.6 Å². The van der Waals surface area contributed by atoms with Gasteiger partial charge in [-0.25, -0.2) is 0 Å². The van der Waals surface area contributed by atoms with Crippen molar-refractivity contribution in [2.75, 3.05) is 23.9 Å². The molecule has 35 heavy (non-hydrogen) atoms. The van der Waals surface area contributed by atoms with Crippen LogP contribution in [0.3, 0.4) is 0 Å². The summed E-state index contributed by atoms with van der Waals surface area (Å²) in [4.78, 5) is 19.3. The van der Waals surface area contributed by atoms with Crippen LogP contribution in [0.5, 0.6) is 17.4 Å². The van der Waals surface area contributed by atoms with E-state index in [2.05, 4.69) is 17.1 Å². The average Bonchev–Trinajstić information content (AvgIpc) is 3.00. The predicted molar refractivity (Wildman–Crippen MR) is 136 cm³/mol. The summed E-state index contributed by atoms with van der Waals surface area (Å²) in [5.74, 6) is 2.29. The van der Waals surface area contributed by atoms with E-state index in [9.17, 15) is 4.79 Å². The van der Waals surface area contributed by atoms with E-state index in [1.807, 2.05) is 56.3 Å². The summed E-state index contributed by atoms with van der Waals surface area (Å²) >= 11 is 1.54. The highest BCUT2D eigenvalue weighted by atomic mass is 32.2. The number of rotatable bonds is 9. The van der Waals surface area contributed by atoms with Gasteiger partial charge in [-0.1, -0.05) is 43.3 Å². The lowest BCUT2D eigenvalue weighted by atomic mass is 10.1. The normalized spacial score (nSPS) is 14.4. The number of nitrogens with zero attached hydrogens (tertiary/aromatic N) is 4. The summed E-state index contributed by atoms with van der Waals surface area (Å²) in [6, 6.07) is 13.1. The first-order valence-electron chi connectivity index (χ1n) is 11.9. The fraction of sp³-hybridized carbons (Fsp3) is 0.385. The molecule has 0 radical (unpaired) electrons. The molecule has 1 amide bonds. The van der Waals surface area contributed by atoms with Gasteiger partial charge in [0.1, 0.15) is 0 Å². The van der Waals surface area contributed by atoms with Gasteiger partial charge < -0.3 is 14.2 Å². The Kier molecular flexibility index (Phi) is 8.07. The summed E-state index contributed by atoms with van der Waals surface area (Å²) in [6.45, 7) is 8.50. The highest BCUT2D eigenvalue weighted by molar-refractivity contribution is 7.99. The molecule has 0 spiro atoms. The van der Waals surface area contributed by atoms with E-state index in [4.69, 9.17) is 19.2 Å². The lowest BCUT2D eigenvalue weighted by Gasteiger charge is -2.30. The lowest BCUT2D eigenvalue weighted by molar-refractivity contribution is -0.118. The summed E-state index contributed by atoms with van der Waals surface area (Å²) in [6.07, 6.45) is 1.36. The molecule has 0 saturated heterocycles. The van der Waals surface area contributed by atoms with Gasteiger partial charge in [0.25, 0.3) is 0 Å². The molecule has 3 aromatic rings. The van der Waals surface area contributed by atoms with Gasteiger partial charge in [0, 0.05) is 23.8 Å². The first kappa shape index (κ1) is 24.8. The molecule has 184 valence electrons. The van der Waals surface area contributed by atoms with Gasteiger partial charge in [-0.3, -0.25) is 9.69 Å². The van der Waals surface area contributed by atoms with Crippen molar-refractivity contribution >= 4 is 23.4 Å². The van der Waals surface area contributed by atoms with Crippen molar-refractivity contribution in [2.45, 2.75) is 51.9 Å². The molecule has 0 fully saturated rings. The van der Waals surface area contributed by atoms with Gasteiger partial charge in [0.05, 0.1) is 18.9 Å². The van der Waals surface area contributed by atoms with Crippen molar-refractivity contribution in [1.82, 2.24) is 15.2 Å². The number of fused-ring (bicyclic) bond motifs is 3. The zero-order chi connectivity index (χ0) is 24.8. The standard InChI is InChI=1S/C26H30N4O4S/c1-5-8-15-35-26-27-24-23(28-29-26)19-11-9-10-12-20(19)30(17(4)31)25(34-24)18-13-14-21(32-6-2)22(16-18)33-7-3/h9-14,16,25H,5-8,15H2,1-4H3. The maximum Gasteiger partial charge on any atom is 0.247 e. The number of anilines is 1. The van der Waals surface area contributed by atoms with Gasteiger partial charge in [-0.05, 0) is 44.5 Å². The van der Waals surface area contributed by atoms with E-state index in [1.165, 1.54) is 6.92 Å². The van der Waals surface area contributed by atoms with Gasteiger partial charge in [0.15, 0.2) is 17.2 Å². The largest absolute Gasteiger partial charge is 0.490 e. The van der Waals surface area contributed by atoms with Crippen LogP contribution >= 0.6 is 11.8 Å². The first-order chi connectivity index (χ1) is 17.1. The molecule has 0 N–H and O–H groups in total. The molecule has 9 heteroatoms. The number of thioether (sulfide) groups is 1. The minimum absolute atomic E-state index is 0.174. The molecule has 4 rings (SSSR count). The fourth-order valence-corrected chi connectivity index (χ4v) is 4.72. The quantitative estimate of drug-likeness (QED) is 0.278. The lowest BCUT2D eigenvalue weighted by Crippen LogP contribution is -2.36. The first-order valence-corrected chi connectivity index (χ1v) is 12.9. The van der Waals surface area contributed by atoms with Crippen LogP contribution in [-0.2, 0) is 4.79 Å². The number of benzene rings is 2. The number of ether oxygens (including phenoxy) is 3. The maximum absolute atomic E-state index is 13.0. The van der Waals surface area contributed by atoms with Crippen LogP contribution in [-0.4, -0.2) is 40.1 Å². The minimum atomic E-state index is -0.782. The Balaban J connectivity index is 1.84. The van der Waals surface area contributed by atoms with E-state index >= 15 is 0 Å². The number of aromatic nitrogens is 3. The molecule has 8 nitrogen and oxygen atoms in total. The third-order valence-corrected chi connectivity index (χ3v) is 6.36.